The van der Waals surface area contributed by atoms with E-state index in [0.717, 1.165) is 10.4 Å². The van der Waals surface area contributed by atoms with Crippen LogP contribution in [0.15, 0.2) is 21.2 Å². The van der Waals surface area contributed by atoms with Gasteiger partial charge in [0.15, 0.2) is 4.67 Å². The van der Waals surface area contributed by atoms with Gasteiger partial charge in [-0.05, 0) is 48.8 Å². The number of hydrogen-bond acceptors (Lipinski definition) is 3. The van der Waals surface area contributed by atoms with Crippen LogP contribution in [0.4, 0.5) is 0 Å². The van der Waals surface area contributed by atoms with Crippen LogP contribution < -0.4 is 5.32 Å². The molecule has 4 heteroatoms. The number of furan rings is 1. The first-order valence-corrected chi connectivity index (χ1v) is 5.39. The molecule has 1 unspecified atom stereocenters. The molecule has 1 atom stereocenters. The number of nitrogens with one attached hydrogen (secondary N) is 1. The molecule has 0 spiro atoms. The Morgan fingerprint density at radius 3 is 2.64 bits per heavy atom. The molecule has 0 saturated carbocycles. The van der Waals surface area contributed by atoms with E-state index in [9.17, 15) is 5.11 Å². The Bertz CT molecular complexity index is 291. The summed E-state index contributed by atoms with van der Waals surface area (Å²) in [5, 5.41) is 12.7. The molecule has 2 N–H and O–H groups in total. The highest BCUT2D eigenvalue weighted by Crippen LogP contribution is 2.20. The summed E-state index contributed by atoms with van der Waals surface area (Å²) in [4.78, 5) is 0. The fourth-order valence-corrected chi connectivity index (χ4v) is 1.38. The molecule has 0 aliphatic heterocycles. The lowest BCUT2D eigenvalue weighted by atomic mass is 10.1. The van der Waals surface area contributed by atoms with Crippen LogP contribution in [0.3, 0.4) is 0 Å². The predicted octanol–water partition coefficient (Wildman–Crippen LogP) is 2.46. The molecular formula is C10H16BrNO2. The monoisotopic (exact) mass is 261 g/mol. The number of rotatable bonds is 4. The van der Waals surface area contributed by atoms with E-state index in [0.29, 0.717) is 6.54 Å². The van der Waals surface area contributed by atoms with Crippen molar-refractivity contribution in [1.29, 1.82) is 0 Å². The van der Waals surface area contributed by atoms with Gasteiger partial charge in [0.25, 0.3) is 0 Å². The van der Waals surface area contributed by atoms with Crippen LogP contribution >= 0.6 is 15.9 Å². The summed E-state index contributed by atoms with van der Waals surface area (Å²) in [6.07, 6.45) is 0. The van der Waals surface area contributed by atoms with Gasteiger partial charge in [0.1, 0.15) is 5.76 Å². The molecule has 1 aromatic heterocycles. The first kappa shape index (κ1) is 11.8. The minimum absolute atomic E-state index is 0.104. The third-order valence-corrected chi connectivity index (χ3v) is 2.29. The summed E-state index contributed by atoms with van der Waals surface area (Å²) < 4.78 is 6.11. The van der Waals surface area contributed by atoms with E-state index in [2.05, 4.69) is 21.2 Å². The Morgan fingerprint density at radius 2 is 2.21 bits per heavy atom. The molecule has 1 aromatic rings. The lowest BCUT2D eigenvalue weighted by Crippen LogP contribution is -2.35. The second-order valence-electron chi connectivity index (χ2n) is 4.06. The van der Waals surface area contributed by atoms with Crippen LogP contribution in [-0.2, 0) is 0 Å². The van der Waals surface area contributed by atoms with Crippen LogP contribution in [0.5, 0.6) is 0 Å². The average molecular weight is 262 g/mol. The second kappa shape index (κ2) is 4.47. The molecule has 80 valence electrons. The molecule has 1 rings (SSSR count). The maximum atomic E-state index is 9.52. The van der Waals surface area contributed by atoms with Crippen molar-refractivity contribution in [1.82, 2.24) is 5.32 Å². The molecule has 0 bridgehead atoms. The van der Waals surface area contributed by atoms with Crippen molar-refractivity contribution in [3.8, 4) is 0 Å². The maximum absolute atomic E-state index is 9.52. The maximum Gasteiger partial charge on any atom is 0.169 e. The summed E-state index contributed by atoms with van der Waals surface area (Å²) >= 11 is 3.25. The lowest BCUT2D eigenvalue weighted by molar-refractivity contribution is 0.0762. The minimum atomic E-state index is -0.696. The topological polar surface area (TPSA) is 45.4 Å². The average Bonchev–Trinajstić information content (AvgIpc) is 2.46. The molecule has 0 aliphatic rings. The lowest BCUT2D eigenvalue weighted by Gasteiger charge is -2.20. The fourth-order valence-electron chi connectivity index (χ4n) is 1.06. The summed E-state index contributed by atoms with van der Waals surface area (Å²) in [5.41, 5.74) is -0.696. The van der Waals surface area contributed by atoms with E-state index in [1.807, 2.05) is 19.1 Å². The second-order valence-corrected chi connectivity index (χ2v) is 4.84. The van der Waals surface area contributed by atoms with Gasteiger partial charge in [-0.2, -0.15) is 0 Å². The van der Waals surface area contributed by atoms with Crippen molar-refractivity contribution in [2.24, 2.45) is 0 Å². The highest BCUT2D eigenvalue weighted by Gasteiger charge is 2.15. The smallest absolute Gasteiger partial charge is 0.169 e. The zero-order valence-corrected chi connectivity index (χ0v) is 10.3. The highest BCUT2D eigenvalue weighted by molar-refractivity contribution is 9.10. The molecule has 0 fully saturated rings. The van der Waals surface area contributed by atoms with Crippen molar-refractivity contribution in [2.75, 3.05) is 6.54 Å². The van der Waals surface area contributed by atoms with Gasteiger partial charge in [0.2, 0.25) is 0 Å². The molecule has 0 aromatic carbocycles. The van der Waals surface area contributed by atoms with Gasteiger partial charge < -0.3 is 14.8 Å². The van der Waals surface area contributed by atoms with E-state index >= 15 is 0 Å². The SMILES string of the molecule is CC(NCC(C)(C)O)c1ccc(Br)o1. The molecule has 0 saturated heterocycles. The van der Waals surface area contributed by atoms with Crippen LogP contribution in [0.2, 0.25) is 0 Å². The zero-order valence-electron chi connectivity index (χ0n) is 8.67. The first-order valence-electron chi connectivity index (χ1n) is 4.59. The van der Waals surface area contributed by atoms with E-state index in [1.165, 1.54) is 0 Å². The predicted molar refractivity (Wildman–Crippen MR) is 59.1 cm³/mol. The number of halogens is 1. The van der Waals surface area contributed by atoms with Gasteiger partial charge in [-0.25, -0.2) is 0 Å². The van der Waals surface area contributed by atoms with Crippen molar-refractivity contribution >= 4 is 15.9 Å². The van der Waals surface area contributed by atoms with Crippen LogP contribution in [-0.4, -0.2) is 17.3 Å². The first-order chi connectivity index (χ1) is 6.38. The molecular weight excluding hydrogens is 246 g/mol. The highest BCUT2D eigenvalue weighted by atomic mass is 79.9. The van der Waals surface area contributed by atoms with Gasteiger partial charge in [0, 0.05) is 6.54 Å². The summed E-state index contributed by atoms with van der Waals surface area (Å²) in [6.45, 7) is 6.07. The summed E-state index contributed by atoms with van der Waals surface area (Å²) in [7, 11) is 0. The van der Waals surface area contributed by atoms with Gasteiger partial charge in [-0.3, -0.25) is 0 Å². The van der Waals surface area contributed by atoms with Crippen molar-refractivity contribution in [2.45, 2.75) is 32.4 Å². The molecule has 3 nitrogen and oxygen atoms in total. The Balaban J connectivity index is 2.47. The van der Waals surface area contributed by atoms with Crippen molar-refractivity contribution in [3.05, 3.63) is 22.6 Å². The quantitative estimate of drug-likeness (QED) is 0.876. The fraction of sp³-hybridized carbons (Fsp3) is 0.600. The van der Waals surface area contributed by atoms with Crippen molar-refractivity contribution in [3.63, 3.8) is 0 Å². The molecule has 0 amide bonds. The Morgan fingerprint density at radius 1 is 1.57 bits per heavy atom. The third kappa shape index (κ3) is 3.82. The Kier molecular flexibility index (Phi) is 3.75. The standard InChI is InChI=1S/C10H16BrNO2/c1-7(12-6-10(2,3)13)8-4-5-9(11)14-8/h4-5,7,12-13H,6H2,1-3H3. The van der Waals surface area contributed by atoms with E-state index in [4.69, 9.17) is 4.42 Å². The van der Waals surface area contributed by atoms with Gasteiger partial charge in [0.05, 0.1) is 11.6 Å². The van der Waals surface area contributed by atoms with E-state index < -0.39 is 5.60 Å². The normalized spacial score (nSPS) is 14.4. The van der Waals surface area contributed by atoms with Gasteiger partial charge in [-0.1, -0.05) is 0 Å². The number of aliphatic hydroxyl groups is 1. The number of hydrogen-bond donors (Lipinski definition) is 2. The Hall–Kier alpha value is -0.320. The Labute approximate surface area is 92.6 Å². The van der Waals surface area contributed by atoms with Gasteiger partial charge >= 0.3 is 0 Å². The molecule has 0 aliphatic carbocycles. The molecule has 0 radical (unpaired) electrons. The van der Waals surface area contributed by atoms with Crippen LogP contribution in [0.25, 0.3) is 0 Å². The van der Waals surface area contributed by atoms with Gasteiger partial charge in [-0.15, -0.1) is 0 Å². The zero-order chi connectivity index (χ0) is 10.8. The van der Waals surface area contributed by atoms with Crippen LogP contribution in [0.1, 0.15) is 32.6 Å². The van der Waals surface area contributed by atoms with E-state index in [1.54, 1.807) is 13.8 Å². The molecule has 14 heavy (non-hydrogen) atoms. The van der Waals surface area contributed by atoms with Crippen molar-refractivity contribution < 1.29 is 9.52 Å². The van der Waals surface area contributed by atoms with Crippen LogP contribution in [0, 0.1) is 0 Å². The van der Waals surface area contributed by atoms with E-state index in [-0.39, 0.29) is 6.04 Å². The molecule has 1 heterocycles. The summed E-state index contributed by atoms with van der Waals surface area (Å²) in [6, 6.07) is 3.87. The largest absolute Gasteiger partial charge is 0.453 e. The minimum Gasteiger partial charge on any atom is -0.453 e. The third-order valence-electron chi connectivity index (χ3n) is 1.86. The summed E-state index contributed by atoms with van der Waals surface area (Å²) in [5.74, 6) is 0.862.